The Morgan fingerprint density at radius 3 is 2.89 bits per heavy atom. The van der Waals surface area contributed by atoms with Crippen molar-refractivity contribution in [2.45, 2.75) is 18.7 Å². The monoisotopic (exact) mass is 260 g/mol. The molecule has 0 spiro atoms. The molecule has 1 heterocycles. The van der Waals surface area contributed by atoms with E-state index in [9.17, 15) is 4.79 Å². The van der Waals surface area contributed by atoms with Gasteiger partial charge in [-0.2, -0.15) is 0 Å². The summed E-state index contributed by atoms with van der Waals surface area (Å²) in [5.74, 6) is 0.331. The summed E-state index contributed by atoms with van der Waals surface area (Å²) in [6.45, 7) is 4.78. The summed E-state index contributed by atoms with van der Waals surface area (Å²) in [5, 5.41) is 3.88. The lowest BCUT2D eigenvalue weighted by Gasteiger charge is -2.10. The molecule has 1 aromatic carbocycles. The van der Waals surface area contributed by atoms with Crippen LogP contribution in [-0.2, 0) is 0 Å². The van der Waals surface area contributed by atoms with Crippen LogP contribution in [-0.4, -0.2) is 17.4 Å². The van der Waals surface area contributed by atoms with Crippen LogP contribution in [0.5, 0.6) is 0 Å². The molecular weight excluding hydrogens is 244 g/mol. The van der Waals surface area contributed by atoms with Crippen LogP contribution in [0.2, 0.25) is 0 Å². The summed E-state index contributed by atoms with van der Waals surface area (Å²) >= 11 is 4.42. The van der Waals surface area contributed by atoms with Crippen molar-refractivity contribution in [3.05, 3.63) is 36.0 Å². The van der Waals surface area contributed by atoms with Crippen molar-refractivity contribution in [3.8, 4) is 0 Å². The molecule has 0 radical (unpaired) electrons. The maximum absolute atomic E-state index is 12.0. The number of benzene rings is 1. The number of hydrogen-bond acceptors (Lipinski definition) is 3. The van der Waals surface area contributed by atoms with Crippen LogP contribution in [0.25, 0.3) is 10.9 Å². The minimum Gasteiger partial charge on any atom is -0.352 e. The standard InChI is InChI=1S/C14H16N2OS/c1-9(2)8-16-14(17)11-6-5-10-4-3-7-15-12(10)13(11)18/h3-7,9,18H,8H2,1-2H3,(H,16,17). The van der Waals surface area contributed by atoms with Gasteiger partial charge in [-0.05, 0) is 18.1 Å². The lowest BCUT2D eigenvalue weighted by molar-refractivity contribution is 0.0946. The third kappa shape index (κ3) is 2.64. The first-order valence-electron chi connectivity index (χ1n) is 5.94. The summed E-state index contributed by atoms with van der Waals surface area (Å²) in [5.41, 5.74) is 1.34. The smallest absolute Gasteiger partial charge is 0.252 e. The molecule has 2 aromatic rings. The molecule has 94 valence electrons. The highest BCUT2D eigenvalue weighted by atomic mass is 32.1. The lowest BCUT2D eigenvalue weighted by atomic mass is 10.1. The molecule has 1 aromatic heterocycles. The Balaban J connectivity index is 2.34. The molecule has 0 fully saturated rings. The number of fused-ring (bicyclic) bond motifs is 1. The maximum atomic E-state index is 12.0. The highest BCUT2D eigenvalue weighted by molar-refractivity contribution is 7.80. The largest absolute Gasteiger partial charge is 0.352 e. The lowest BCUT2D eigenvalue weighted by Crippen LogP contribution is -2.27. The van der Waals surface area contributed by atoms with Crippen LogP contribution < -0.4 is 5.32 Å². The van der Waals surface area contributed by atoms with E-state index >= 15 is 0 Å². The predicted molar refractivity (Wildman–Crippen MR) is 76.2 cm³/mol. The molecule has 0 saturated heterocycles. The number of amides is 1. The zero-order valence-electron chi connectivity index (χ0n) is 10.5. The number of carbonyl (C=O) groups is 1. The number of aromatic nitrogens is 1. The summed E-state index contributed by atoms with van der Waals surface area (Å²) in [6.07, 6.45) is 1.71. The van der Waals surface area contributed by atoms with E-state index in [1.165, 1.54) is 0 Å². The fourth-order valence-corrected chi connectivity index (χ4v) is 2.07. The zero-order chi connectivity index (χ0) is 13.1. The predicted octanol–water partition coefficient (Wildman–Crippen LogP) is 2.91. The van der Waals surface area contributed by atoms with Gasteiger partial charge in [-0.25, -0.2) is 0 Å². The fourth-order valence-electron chi connectivity index (χ4n) is 1.70. The van der Waals surface area contributed by atoms with Gasteiger partial charge in [0.15, 0.2) is 0 Å². The van der Waals surface area contributed by atoms with Crippen molar-refractivity contribution >= 4 is 29.4 Å². The van der Waals surface area contributed by atoms with E-state index in [1.807, 2.05) is 18.2 Å². The Hall–Kier alpha value is -1.55. The molecule has 0 aliphatic carbocycles. The minimum absolute atomic E-state index is 0.0961. The van der Waals surface area contributed by atoms with Gasteiger partial charge in [0.25, 0.3) is 5.91 Å². The first kappa shape index (κ1) is 12.9. The highest BCUT2D eigenvalue weighted by Gasteiger charge is 2.12. The highest BCUT2D eigenvalue weighted by Crippen LogP contribution is 2.23. The quantitative estimate of drug-likeness (QED) is 0.833. The maximum Gasteiger partial charge on any atom is 0.252 e. The van der Waals surface area contributed by atoms with Crippen LogP contribution in [0.1, 0.15) is 24.2 Å². The van der Waals surface area contributed by atoms with E-state index in [4.69, 9.17) is 0 Å². The van der Waals surface area contributed by atoms with Crippen molar-refractivity contribution in [1.29, 1.82) is 0 Å². The number of thiol groups is 1. The fraction of sp³-hybridized carbons (Fsp3) is 0.286. The van der Waals surface area contributed by atoms with Crippen molar-refractivity contribution in [2.75, 3.05) is 6.54 Å². The second-order valence-electron chi connectivity index (χ2n) is 4.64. The van der Waals surface area contributed by atoms with Crippen LogP contribution in [0, 0.1) is 5.92 Å². The number of rotatable bonds is 3. The third-order valence-corrected chi connectivity index (χ3v) is 3.12. The molecule has 0 bridgehead atoms. The van der Waals surface area contributed by atoms with Crippen LogP contribution in [0.3, 0.4) is 0 Å². The molecule has 0 saturated carbocycles. The molecular formula is C14H16N2OS. The SMILES string of the molecule is CC(C)CNC(=O)c1ccc2cccnc2c1S. The average Bonchev–Trinajstić information content (AvgIpc) is 2.37. The topological polar surface area (TPSA) is 42.0 Å². The summed E-state index contributed by atoms with van der Waals surface area (Å²) < 4.78 is 0. The third-order valence-electron chi connectivity index (χ3n) is 2.66. The van der Waals surface area contributed by atoms with E-state index < -0.39 is 0 Å². The number of nitrogens with one attached hydrogen (secondary N) is 1. The van der Waals surface area contributed by atoms with Crippen LogP contribution in [0.4, 0.5) is 0 Å². The van der Waals surface area contributed by atoms with Gasteiger partial charge in [0.2, 0.25) is 0 Å². The Labute approximate surface area is 112 Å². The molecule has 0 aliphatic rings. The average molecular weight is 260 g/mol. The van der Waals surface area contributed by atoms with E-state index in [0.717, 1.165) is 10.9 Å². The van der Waals surface area contributed by atoms with Gasteiger partial charge in [0.05, 0.1) is 11.1 Å². The molecule has 0 atom stereocenters. The Morgan fingerprint density at radius 2 is 2.17 bits per heavy atom. The van der Waals surface area contributed by atoms with Crippen molar-refractivity contribution < 1.29 is 4.79 Å². The van der Waals surface area contributed by atoms with Crippen LogP contribution >= 0.6 is 12.6 Å². The van der Waals surface area contributed by atoms with Crippen molar-refractivity contribution in [2.24, 2.45) is 5.92 Å². The molecule has 2 rings (SSSR count). The van der Waals surface area contributed by atoms with Gasteiger partial charge in [-0.1, -0.05) is 26.0 Å². The van der Waals surface area contributed by atoms with Gasteiger partial charge < -0.3 is 5.32 Å². The van der Waals surface area contributed by atoms with E-state index in [0.29, 0.717) is 22.9 Å². The molecule has 3 nitrogen and oxygen atoms in total. The Morgan fingerprint density at radius 1 is 1.39 bits per heavy atom. The second-order valence-corrected chi connectivity index (χ2v) is 5.09. The number of carbonyl (C=O) groups excluding carboxylic acids is 1. The van der Waals surface area contributed by atoms with E-state index in [1.54, 1.807) is 12.3 Å². The normalized spacial score (nSPS) is 10.9. The van der Waals surface area contributed by atoms with Crippen molar-refractivity contribution in [1.82, 2.24) is 10.3 Å². The van der Waals surface area contributed by atoms with Crippen molar-refractivity contribution in [3.63, 3.8) is 0 Å². The molecule has 1 amide bonds. The van der Waals surface area contributed by atoms with Crippen LogP contribution in [0.15, 0.2) is 35.4 Å². The summed E-state index contributed by atoms with van der Waals surface area (Å²) in [7, 11) is 0. The zero-order valence-corrected chi connectivity index (χ0v) is 11.4. The van der Waals surface area contributed by atoms with E-state index in [-0.39, 0.29) is 5.91 Å². The number of hydrogen-bond donors (Lipinski definition) is 2. The molecule has 0 unspecified atom stereocenters. The molecule has 0 aliphatic heterocycles. The summed E-state index contributed by atoms with van der Waals surface area (Å²) in [6, 6.07) is 7.51. The Kier molecular flexibility index (Phi) is 3.87. The van der Waals surface area contributed by atoms with E-state index in [2.05, 4.69) is 36.8 Å². The molecule has 18 heavy (non-hydrogen) atoms. The molecule has 1 N–H and O–H groups in total. The first-order chi connectivity index (χ1) is 8.59. The Bertz CT molecular complexity index is 581. The number of nitrogens with zero attached hydrogens (tertiary/aromatic N) is 1. The first-order valence-corrected chi connectivity index (χ1v) is 6.39. The summed E-state index contributed by atoms with van der Waals surface area (Å²) in [4.78, 5) is 16.9. The molecule has 4 heteroatoms. The van der Waals surface area contributed by atoms with Gasteiger partial charge in [-0.15, -0.1) is 12.6 Å². The van der Waals surface area contributed by atoms with Gasteiger partial charge in [0, 0.05) is 23.0 Å². The minimum atomic E-state index is -0.0961. The van der Waals surface area contributed by atoms with Gasteiger partial charge >= 0.3 is 0 Å². The second kappa shape index (κ2) is 5.40. The number of pyridine rings is 1. The van der Waals surface area contributed by atoms with Gasteiger partial charge in [0.1, 0.15) is 0 Å². The van der Waals surface area contributed by atoms with Gasteiger partial charge in [-0.3, -0.25) is 9.78 Å².